The number of aromatic nitrogens is 1. The number of ether oxygens (including phenoxy) is 2. The molecule has 3 aromatic rings. The number of benzene rings is 2. The lowest BCUT2D eigenvalue weighted by Crippen LogP contribution is -2.41. The number of esters is 1. The summed E-state index contributed by atoms with van der Waals surface area (Å²) in [5, 5.41) is 7.80. The number of halogens is 1. The van der Waals surface area contributed by atoms with Crippen molar-refractivity contribution in [3.05, 3.63) is 53.2 Å². The molecule has 0 unspecified atom stereocenters. The topological polar surface area (TPSA) is 95.7 Å². The number of nitrogens with one attached hydrogen (secondary N) is 3. The van der Waals surface area contributed by atoms with Crippen LogP contribution < -0.4 is 15.4 Å². The number of likely N-dealkylation sites (tertiary alicyclic amines) is 1. The van der Waals surface area contributed by atoms with E-state index in [0.29, 0.717) is 41.8 Å². The Hall–Kier alpha value is -3.07. The van der Waals surface area contributed by atoms with Gasteiger partial charge in [0.1, 0.15) is 18.0 Å². The van der Waals surface area contributed by atoms with Gasteiger partial charge in [-0.15, -0.1) is 0 Å². The number of carbonyl (C=O) groups is 2. The maximum Gasteiger partial charge on any atom is 0.340 e. The Morgan fingerprint density at radius 2 is 1.74 bits per heavy atom. The van der Waals surface area contributed by atoms with Crippen molar-refractivity contribution in [2.75, 3.05) is 45.9 Å². The molecule has 0 spiro atoms. The summed E-state index contributed by atoms with van der Waals surface area (Å²) in [6.45, 7) is 12.1. The monoisotopic (exact) mass is 608 g/mol. The van der Waals surface area contributed by atoms with Crippen molar-refractivity contribution in [1.29, 1.82) is 0 Å². The van der Waals surface area contributed by atoms with E-state index in [1.807, 2.05) is 57.2 Å². The van der Waals surface area contributed by atoms with Crippen LogP contribution in [-0.2, 0) is 9.53 Å². The minimum Gasteiger partial charge on any atom is -0.492 e. The van der Waals surface area contributed by atoms with Crippen LogP contribution in [0.3, 0.4) is 0 Å². The van der Waals surface area contributed by atoms with Crippen LogP contribution in [0.4, 0.5) is 0 Å². The van der Waals surface area contributed by atoms with Crippen molar-refractivity contribution in [2.24, 2.45) is 11.8 Å². The SMILES string of the molecule is CC(C)(C)OC(=O)c1c[nH]c2cc(Cl)c(-c3ccc(OCCNC(=O)CC4CCN(CC5CCNCC5)CC4)cc3)cc12. The fourth-order valence-corrected chi connectivity index (χ4v) is 6.37. The Morgan fingerprint density at radius 3 is 2.44 bits per heavy atom. The highest BCUT2D eigenvalue weighted by molar-refractivity contribution is 6.34. The summed E-state index contributed by atoms with van der Waals surface area (Å²) in [4.78, 5) is 31.0. The van der Waals surface area contributed by atoms with Gasteiger partial charge in [-0.1, -0.05) is 23.7 Å². The Kier molecular flexibility index (Phi) is 10.3. The Morgan fingerprint density at radius 1 is 1.02 bits per heavy atom. The predicted octanol–water partition coefficient (Wildman–Crippen LogP) is 6.04. The average Bonchev–Trinajstić information content (AvgIpc) is 3.39. The van der Waals surface area contributed by atoms with E-state index >= 15 is 0 Å². The van der Waals surface area contributed by atoms with Crippen molar-refractivity contribution in [3.63, 3.8) is 0 Å². The van der Waals surface area contributed by atoms with Crippen molar-refractivity contribution in [1.82, 2.24) is 20.5 Å². The lowest BCUT2D eigenvalue weighted by atomic mass is 9.91. The molecule has 0 saturated carbocycles. The summed E-state index contributed by atoms with van der Waals surface area (Å²) in [5.74, 6) is 1.73. The zero-order chi connectivity index (χ0) is 30.4. The van der Waals surface area contributed by atoms with Gasteiger partial charge < -0.3 is 30.0 Å². The third kappa shape index (κ3) is 8.74. The molecule has 2 fully saturated rings. The third-order valence-electron chi connectivity index (χ3n) is 8.40. The Balaban J connectivity index is 1.06. The zero-order valence-corrected chi connectivity index (χ0v) is 26.4. The number of rotatable bonds is 10. The molecule has 232 valence electrons. The summed E-state index contributed by atoms with van der Waals surface area (Å²) in [6, 6.07) is 11.4. The Labute approximate surface area is 259 Å². The van der Waals surface area contributed by atoms with Gasteiger partial charge in [-0.2, -0.15) is 0 Å². The van der Waals surface area contributed by atoms with Crippen LogP contribution in [-0.4, -0.2) is 73.2 Å². The molecule has 2 aliphatic heterocycles. The highest BCUT2D eigenvalue weighted by atomic mass is 35.5. The summed E-state index contributed by atoms with van der Waals surface area (Å²) in [5.41, 5.74) is 2.39. The first-order chi connectivity index (χ1) is 20.6. The number of piperidine rings is 2. The molecule has 2 saturated heterocycles. The first-order valence-electron chi connectivity index (χ1n) is 15.6. The van der Waals surface area contributed by atoms with Crippen LogP contribution in [0.25, 0.3) is 22.0 Å². The van der Waals surface area contributed by atoms with E-state index < -0.39 is 5.60 Å². The maximum absolute atomic E-state index is 12.7. The second-order valence-electron chi connectivity index (χ2n) is 12.9. The number of amides is 1. The number of fused-ring (bicyclic) bond motifs is 1. The summed E-state index contributed by atoms with van der Waals surface area (Å²) < 4.78 is 11.5. The largest absolute Gasteiger partial charge is 0.492 e. The molecule has 43 heavy (non-hydrogen) atoms. The quantitative estimate of drug-likeness (QED) is 0.192. The van der Waals surface area contributed by atoms with Gasteiger partial charge in [-0.05, 0) is 114 Å². The van der Waals surface area contributed by atoms with Gasteiger partial charge >= 0.3 is 5.97 Å². The van der Waals surface area contributed by atoms with Crippen LogP contribution in [0.2, 0.25) is 5.02 Å². The first kappa shape index (κ1) is 31.4. The van der Waals surface area contributed by atoms with Gasteiger partial charge in [0.25, 0.3) is 0 Å². The first-order valence-corrected chi connectivity index (χ1v) is 16.0. The van der Waals surface area contributed by atoms with E-state index in [9.17, 15) is 9.59 Å². The molecule has 9 heteroatoms. The van der Waals surface area contributed by atoms with Crippen LogP contribution in [0, 0.1) is 11.8 Å². The number of carbonyl (C=O) groups excluding carboxylic acids is 2. The van der Waals surface area contributed by atoms with Crippen LogP contribution in [0.15, 0.2) is 42.6 Å². The second kappa shape index (κ2) is 14.1. The van der Waals surface area contributed by atoms with Crippen LogP contribution in [0.5, 0.6) is 5.75 Å². The Bertz CT molecular complexity index is 1380. The van der Waals surface area contributed by atoms with Gasteiger partial charge in [-0.25, -0.2) is 4.79 Å². The molecule has 1 amide bonds. The van der Waals surface area contributed by atoms with Gasteiger partial charge in [0.2, 0.25) is 5.91 Å². The lowest BCUT2D eigenvalue weighted by Gasteiger charge is -2.35. The molecule has 2 aliphatic rings. The standard InChI is InChI=1S/C34H45ClN4O4/c1-34(2,3)43-33(41)29-21-38-31-20-30(35)27(19-28(29)31)25-4-6-26(7-5-25)42-17-14-37-32(40)18-23-10-15-39(16-11-23)22-24-8-12-36-13-9-24/h4-7,19-21,23-24,36,38H,8-18,22H2,1-3H3,(H,37,40). The van der Waals surface area contributed by atoms with Gasteiger partial charge in [0.15, 0.2) is 0 Å². The van der Waals surface area contributed by atoms with Crippen molar-refractivity contribution in [2.45, 2.75) is 58.5 Å². The molecule has 0 aliphatic carbocycles. The van der Waals surface area contributed by atoms with Crippen molar-refractivity contribution >= 4 is 34.4 Å². The molecule has 0 radical (unpaired) electrons. The van der Waals surface area contributed by atoms with Crippen molar-refractivity contribution < 1.29 is 19.1 Å². The van der Waals surface area contributed by atoms with Gasteiger partial charge in [0, 0.05) is 35.6 Å². The number of nitrogens with zero attached hydrogens (tertiary/aromatic N) is 1. The zero-order valence-electron chi connectivity index (χ0n) is 25.6. The fraction of sp³-hybridized carbons (Fsp3) is 0.529. The molecule has 2 aromatic carbocycles. The fourth-order valence-electron chi connectivity index (χ4n) is 6.09. The molecule has 0 bridgehead atoms. The van der Waals surface area contributed by atoms with Gasteiger partial charge in [-0.3, -0.25) is 4.79 Å². The smallest absolute Gasteiger partial charge is 0.340 e. The van der Waals surface area contributed by atoms with E-state index in [1.54, 1.807) is 6.20 Å². The van der Waals surface area contributed by atoms with Crippen LogP contribution >= 0.6 is 11.6 Å². The molecular weight excluding hydrogens is 564 g/mol. The third-order valence-corrected chi connectivity index (χ3v) is 8.72. The summed E-state index contributed by atoms with van der Waals surface area (Å²) >= 11 is 6.61. The number of H-pyrrole nitrogens is 1. The van der Waals surface area contributed by atoms with E-state index in [1.165, 1.54) is 19.4 Å². The summed E-state index contributed by atoms with van der Waals surface area (Å²) in [7, 11) is 0. The normalized spacial score (nSPS) is 17.2. The van der Waals surface area contributed by atoms with Gasteiger partial charge in [0.05, 0.1) is 17.1 Å². The number of hydrogen-bond acceptors (Lipinski definition) is 6. The molecule has 8 nitrogen and oxygen atoms in total. The molecule has 3 heterocycles. The number of aromatic amines is 1. The minimum atomic E-state index is -0.585. The van der Waals surface area contributed by atoms with Crippen molar-refractivity contribution in [3.8, 4) is 16.9 Å². The molecule has 5 rings (SSSR count). The highest BCUT2D eigenvalue weighted by Gasteiger charge is 2.24. The summed E-state index contributed by atoms with van der Waals surface area (Å²) in [6.07, 6.45) is 7.03. The molecular formula is C34H45ClN4O4. The van der Waals surface area contributed by atoms with E-state index in [-0.39, 0.29) is 11.9 Å². The molecule has 1 aromatic heterocycles. The highest BCUT2D eigenvalue weighted by Crippen LogP contribution is 2.34. The van der Waals surface area contributed by atoms with Crippen LogP contribution in [0.1, 0.15) is 63.2 Å². The maximum atomic E-state index is 12.7. The van der Waals surface area contributed by atoms with E-state index in [2.05, 4.69) is 20.5 Å². The lowest BCUT2D eigenvalue weighted by molar-refractivity contribution is -0.122. The molecule has 3 N–H and O–H groups in total. The average molecular weight is 609 g/mol. The predicted molar refractivity (Wildman–Crippen MR) is 172 cm³/mol. The van der Waals surface area contributed by atoms with E-state index in [0.717, 1.165) is 67.0 Å². The molecule has 0 atom stereocenters. The second-order valence-corrected chi connectivity index (χ2v) is 13.4. The number of hydrogen-bond donors (Lipinski definition) is 3. The minimum absolute atomic E-state index is 0.108. The van der Waals surface area contributed by atoms with E-state index in [4.69, 9.17) is 21.1 Å².